The van der Waals surface area contributed by atoms with Crippen LogP contribution in [0, 0.1) is 0 Å². The number of H-pyrrole nitrogens is 1. The summed E-state index contributed by atoms with van der Waals surface area (Å²) in [5.41, 5.74) is 2.13. The van der Waals surface area contributed by atoms with E-state index in [1.54, 1.807) is 0 Å². The Kier molecular flexibility index (Phi) is 3.53. The number of nitrogens with zero attached hydrogens (tertiary/aromatic N) is 2. The third-order valence-corrected chi connectivity index (χ3v) is 2.84. The zero-order valence-electron chi connectivity index (χ0n) is 9.20. The first-order chi connectivity index (χ1) is 8.20. The Morgan fingerprint density at radius 3 is 3.00 bits per heavy atom. The molecule has 0 aliphatic heterocycles. The highest BCUT2D eigenvalue weighted by Gasteiger charge is 2.10. The summed E-state index contributed by atoms with van der Waals surface area (Å²) in [6, 6.07) is 5.73. The maximum absolute atomic E-state index is 11.8. The smallest absolute Gasteiger partial charge is 0.277 e. The topological polar surface area (TPSA) is 70.7 Å². The lowest BCUT2D eigenvalue weighted by Gasteiger charge is -2.08. The van der Waals surface area contributed by atoms with Gasteiger partial charge in [-0.05, 0) is 30.2 Å². The second kappa shape index (κ2) is 5.09. The van der Waals surface area contributed by atoms with Crippen molar-refractivity contribution in [2.75, 3.05) is 5.32 Å². The Bertz CT molecular complexity index is 524. The summed E-state index contributed by atoms with van der Waals surface area (Å²) in [4.78, 5) is 11.8. The molecule has 0 unspecified atom stereocenters. The molecule has 0 saturated carbocycles. The standard InChI is InChI=1S/C11H11BrN4O/c1-2-7-5-8(12)3-4-9(7)14-11(17)10-6-13-16-15-10/h3-6H,2H2,1H3,(H,14,17)(H,13,15,16). The van der Waals surface area contributed by atoms with E-state index in [-0.39, 0.29) is 11.6 Å². The van der Waals surface area contributed by atoms with Gasteiger partial charge in [-0.15, -0.1) is 0 Å². The molecule has 0 bridgehead atoms. The number of hydrogen-bond acceptors (Lipinski definition) is 3. The summed E-state index contributed by atoms with van der Waals surface area (Å²) in [6.45, 7) is 2.04. The van der Waals surface area contributed by atoms with Crippen LogP contribution in [-0.4, -0.2) is 21.3 Å². The van der Waals surface area contributed by atoms with E-state index in [1.165, 1.54) is 6.20 Å². The van der Waals surface area contributed by atoms with Gasteiger partial charge in [0.1, 0.15) is 0 Å². The highest BCUT2D eigenvalue weighted by Crippen LogP contribution is 2.21. The molecule has 0 radical (unpaired) electrons. The van der Waals surface area contributed by atoms with Crippen LogP contribution in [0.3, 0.4) is 0 Å². The van der Waals surface area contributed by atoms with E-state index in [0.717, 1.165) is 22.1 Å². The van der Waals surface area contributed by atoms with Crippen molar-refractivity contribution in [3.8, 4) is 0 Å². The summed E-state index contributed by atoms with van der Waals surface area (Å²) in [7, 11) is 0. The van der Waals surface area contributed by atoms with E-state index in [4.69, 9.17) is 0 Å². The van der Waals surface area contributed by atoms with Crippen molar-refractivity contribution in [1.82, 2.24) is 15.4 Å². The minimum absolute atomic E-state index is 0.268. The van der Waals surface area contributed by atoms with E-state index in [2.05, 4.69) is 36.7 Å². The van der Waals surface area contributed by atoms with Crippen LogP contribution in [0.25, 0.3) is 0 Å². The molecule has 6 heteroatoms. The number of nitrogens with one attached hydrogen (secondary N) is 2. The van der Waals surface area contributed by atoms with Gasteiger partial charge in [0.2, 0.25) is 0 Å². The van der Waals surface area contributed by atoms with Crippen LogP contribution in [0.5, 0.6) is 0 Å². The molecular weight excluding hydrogens is 284 g/mol. The van der Waals surface area contributed by atoms with Crippen molar-refractivity contribution < 1.29 is 4.79 Å². The van der Waals surface area contributed by atoms with E-state index in [0.29, 0.717) is 0 Å². The minimum Gasteiger partial charge on any atom is -0.320 e. The van der Waals surface area contributed by atoms with E-state index in [9.17, 15) is 4.79 Å². The van der Waals surface area contributed by atoms with Gasteiger partial charge >= 0.3 is 0 Å². The summed E-state index contributed by atoms with van der Waals surface area (Å²) >= 11 is 3.40. The second-order valence-corrected chi connectivity index (χ2v) is 4.38. The van der Waals surface area contributed by atoms with E-state index in [1.807, 2.05) is 25.1 Å². The number of carbonyl (C=O) groups is 1. The first-order valence-electron chi connectivity index (χ1n) is 5.16. The summed E-state index contributed by atoms with van der Waals surface area (Å²) < 4.78 is 0.994. The van der Waals surface area contributed by atoms with Crippen LogP contribution >= 0.6 is 15.9 Å². The van der Waals surface area contributed by atoms with Gasteiger partial charge in [-0.1, -0.05) is 22.9 Å². The van der Waals surface area contributed by atoms with Crippen LogP contribution in [0.1, 0.15) is 23.0 Å². The Morgan fingerprint density at radius 2 is 2.35 bits per heavy atom. The van der Waals surface area contributed by atoms with E-state index < -0.39 is 0 Å². The van der Waals surface area contributed by atoms with Crippen molar-refractivity contribution in [1.29, 1.82) is 0 Å². The number of benzene rings is 1. The molecule has 1 aromatic heterocycles. The molecule has 0 spiro atoms. The third-order valence-electron chi connectivity index (χ3n) is 2.34. The zero-order valence-corrected chi connectivity index (χ0v) is 10.8. The number of aryl methyl sites for hydroxylation is 1. The van der Waals surface area contributed by atoms with Crippen molar-refractivity contribution >= 4 is 27.5 Å². The third kappa shape index (κ3) is 2.71. The fourth-order valence-electron chi connectivity index (χ4n) is 1.47. The quantitative estimate of drug-likeness (QED) is 0.913. The van der Waals surface area contributed by atoms with Gasteiger partial charge in [-0.2, -0.15) is 15.4 Å². The minimum atomic E-state index is -0.268. The van der Waals surface area contributed by atoms with Gasteiger partial charge in [0.25, 0.3) is 5.91 Å². The maximum atomic E-state index is 11.8. The maximum Gasteiger partial charge on any atom is 0.277 e. The largest absolute Gasteiger partial charge is 0.320 e. The molecule has 0 fully saturated rings. The van der Waals surface area contributed by atoms with Crippen molar-refractivity contribution in [2.24, 2.45) is 0 Å². The molecular formula is C11H11BrN4O. The Balaban J connectivity index is 2.21. The SMILES string of the molecule is CCc1cc(Br)ccc1NC(=O)c1cn[nH]n1. The number of amides is 1. The lowest BCUT2D eigenvalue weighted by molar-refractivity contribution is 0.102. The number of carbonyl (C=O) groups excluding carboxylic acids is 1. The Labute approximate surface area is 107 Å². The molecule has 88 valence electrons. The average molecular weight is 295 g/mol. The zero-order chi connectivity index (χ0) is 12.3. The van der Waals surface area contributed by atoms with Crippen molar-refractivity contribution in [2.45, 2.75) is 13.3 Å². The Hall–Kier alpha value is -1.69. The highest BCUT2D eigenvalue weighted by atomic mass is 79.9. The molecule has 2 aromatic rings. The molecule has 1 aromatic carbocycles. The van der Waals surface area contributed by atoms with Crippen LogP contribution in [0.15, 0.2) is 28.9 Å². The summed E-state index contributed by atoms with van der Waals surface area (Å²) in [6.07, 6.45) is 2.23. The fraction of sp³-hybridized carbons (Fsp3) is 0.182. The van der Waals surface area contributed by atoms with Crippen LogP contribution in [-0.2, 0) is 6.42 Å². The van der Waals surface area contributed by atoms with E-state index >= 15 is 0 Å². The molecule has 0 aliphatic rings. The highest BCUT2D eigenvalue weighted by molar-refractivity contribution is 9.10. The molecule has 2 N–H and O–H groups in total. The van der Waals surface area contributed by atoms with Crippen LogP contribution < -0.4 is 5.32 Å². The van der Waals surface area contributed by atoms with Crippen LogP contribution in [0.2, 0.25) is 0 Å². The van der Waals surface area contributed by atoms with Gasteiger partial charge in [0.05, 0.1) is 6.20 Å². The fourth-order valence-corrected chi connectivity index (χ4v) is 1.88. The van der Waals surface area contributed by atoms with Crippen molar-refractivity contribution in [3.63, 3.8) is 0 Å². The van der Waals surface area contributed by atoms with Gasteiger partial charge in [0.15, 0.2) is 5.69 Å². The summed E-state index contributed by atoms with van der Waals surface area (Å²) in [5.74, 6) is -0.268. The van der Waals surface area contributed by atoms with Gasteiger partial charge in [0, 0.05) is 10.2 Å². The second-order valence-electron chi connectivity index (χ2n) is 3.46. The van der Waals surface area contributed by atoms with Crippen molar-refractivity contribution in [3.05, 3.63) is 40.1 Å². The number of aromatic nitrogens is 3. The number of anilines is 1. The molecule has 2 rings (SSSR count). The molecule has 0 saturated heterocycles. The summed E-state index contributed by atoms with van der Waals surface area (Å²) in [5, 5.41) is 12.5. The monoisotopic (exact) mass is 294 g/mol. The normalized spacial score (nSPS) is 10.2. The lowest BCUT2D eigenvalue weighted by atomic mass is 10.1. The predicted octanol–water partition coefficient (Wildman–Crippen LogP) is 2.38. The number of rotatable bonds is 3. The lowest BCUT2D eigenvalue weighted by Crippen LogP contribution is -2.13. The average Bonchev–Trinajstić information content (AvgIpc) is 2.85. The van der Waals surface area contributed by atoms with Gasteiger partial charge < -0.3 is 5.32 Å². The molecule has 1 amide bonds. The first kappa shape index (κ1) is 11.8. The predicted molar refractivity (Wildman–Crippen MR) is 67.9 cm³/mol. The van der Waals surface area contributed by atoms with Gasteiger partial charge in [-0.3, -0.25) is 4.79 Å². The van der Waals surface area contributed by atoms with Gasteiger partial charge in [-0.25, -0.2) is 0 Å². The molecule has 0 aliphatic carbocycles. The molecule has 1 heterocycles. The number of aromatic amines is 1. The Morgan fingerprint density at radius 1 is 1.53 bits per heavy atom. The molecule has 17 heavy (non-hydrogen) atoms. The van der Waals surface area contributed by atoms with Crippen LogP contribution in [0.4, 0.5) is 5.69 Å². The number of hydrogen-bond donors (Lipinski definition) is 2. The molecule has 5 nitrogen and oxygen atoms in total. The number of halogens is 1. The molecule has 0 atom stereocenters. The first-order valence-corrected chi connectivity index (χ1v) is 5.95.